The fourth-order valence-electron chi connectivity index (χ4n) is 2.45. The number of amides is 2. The van der Waals surface area contributed by atoms with E-state index in [0.29, 0.717) is 16.6 Å². The molecule has 0 spiro atoms. The van der Waals surface area contributed by atoms with Gasteiger partial charge in [-0.2, -0.15) is 0 Å². The molecule has 0 radical (unpaired) electrons. The maximum absolute atomic E-state index is 11.7. The summed E-state index contributed by atoms with van der Waals surface area (Å²) in [5, 5.41) is 15.9. The van der Waals surface area contributed by atoms with Gasteiger partial charge >= 0.3 is 6.03 Å². The standard InChI is InChI=1S/C14H19ClN2O2/c15-11-6-3-7-12(8-11)17-14(19)16-9-13(18)10-4-1-2-5-10/h3,6-8,10,13,18H,1-2,4-5,9H2,(H2,16,17,19). The van der Waals surface area contributed by atoms with Gasteiger partial charge in [-0.3, -0.25) is 0 Å². The van der Waals surface area contributed by atoms with Crippen molar-refractivity contribution in [1.29, 1.82) is 0 Å². The highest BCUT2D eigenvalue weighted by Gasteiger charge is 2.23. The van der Waals surface area contributed by atoms with Crippen LogP contribution in [0.1, 0.15) is 25.7 Å². The van der Waals surface area contributed by atoms with Crippen LogP contribution in [0.2, 0.25) is 5.02 Å². The molecule has 1 aromatic rings. The number of carbonyl (C=O) groups excluding carboxylic acids is 1. The average molecular weight is 283 g/mol. The molecule has 1 aromatic carbocycles. The van der Waals surface area contributed by atoms with Gasteiger partial charge in [0.05, 0.1) is 6.10 Å². The van der Waals surface area contributed by atoms with Crippen LogP contribution in [0.5, 0.6) is 0 Å². The van der Waals surface area contributed by atoms with Crippen LogP contribution in [0.4, 0.5) is 10.5 Å². The summed E-state index contributed by atoms with van der Waals surface area (Å²) in [5.74, 6) is 0.325. The number of hydrogen-bond donors (Lipinski definition) is 3. The molecule has 1 saturated carbocycles. The summed E-state index contributed by atoms with van der Waals surface area (Å²) in [6.45, 7) is 0.289. The normalized spacial score (nSPS) is 17.2. The molecule has 1 atom stereocenters. The minimum Gasteiger partial charge on any atom is -0.391 e. The summed E-state index contributed by atoms with van der Waals surface area (Å²) in [6, 6.07) is 6.63. The topological polar surface area (TPSA) is 61.4 Å². The molecular weight excluding hydrogens is 264 g/mol. The molecule has 4 nitrogen and oxygen atoms in total. The summed E-state index contributed by atoms with van der Waals surface area (Å²) < 4.78 is 0. The summed E-state index contributed by atoms with van der Waals surface area (Å²) in [5.41, 5.74) is 0.639. The first-order valence-corrected chi connectivity index (χ1v) is 7.01. The van der Waals surface area contributed by atoms with Crippen molar-refractivity contribution >= 4 is 23.3 Å². The highest BCUT2D eigenvalue weighted by atomic mass is 35.5. The smallest absolute Gasteiger partial charge is 0.319 e. The van der Waals surface area contributed by atoms with Crippen molar-refractivity contribution in [3.8, 4) is 0 Å². The highest BCUT2D eigenvalue weighted by molar-refractivity contribution is 6.30. The highest BCUT2D eigenvalue weighted by Crippen LogP contribution is 2.27. The number of aliphatic hydroxyl groups excluding tert-OH is 1. The molecule has 1 aliphatic carbocycles. The van der Waals surface area contributed by atoms with Crippen molar-refractivity contribution in [2.75, 3.05) is 11.9 Å². The third-order valence-electron chi connectivity index (χ3n) is 3.50. The van der Waals surface area contributed by atoms with Gasteiger partial charge in [-0.25, -0.2) is 4.79 Å². The molecule has 0 aliphatic heterocycles. The Balaban J connectivity index is 1.75. The molecule has 1 aliphatic rings. The van der Waals surface area contributed by atoms with Crippen LogP contribution in [-0.2, 0) is 0 Å². The Labute approximate surface area is 118 Å². The van der Waals surface area contributed by atoms with E-state index in [1.54, 1.807) is 24.3 Å². The minimum atomic E-state index is -0.451. The zero-order chi connectivity index (χ0) is 13.7. The summed E-state index contributed by atoms with van der Waals surface area (Å²) in [6.07, 6.45) is 4.01. The Morgan fingerprint density at radius 1 is 1.42 bits per heavy atom. The van der Waals surface area contributed by atoms with Crippen molar-refractivity contribution in [2.45, 2.75) is 31.8 Å². The largest absolute Gasteiger partial charge is 0.391 e. The van der Waals surface area contributed by atoms with E-state index in [2.05, 4.69) is 10.6 Å². The Kier molecular flexibility index (Phi) is 5.05. The van der Waals surface area contributed by atoms with Gasteiger partial charge in [0.15, 0.2) is 0 Å². The lowest BCUT2D eigenvalue weighted by Crippen LogP contribution is -2.37. The molecule has 1 unspecified atom stereocenters. The van der Waals surface area contributed by atoms with Crippen molar-refractivity contribution in [3.63, 3.8) is 0 Å². The molecule has 19 heavy (non-hydrogen) atoms. The molecule has 3 N–H and O–H groups in total. The molecule has 5 heteroatoms. The second-order valence-electron chi connectivity index (χ2n) is 4.96. The second-order valence-corrected chi connectivity index (χ2v) is 5.39. The Hall–Kier alpha value is -1.26. The quantitative estimate of drug-likeness (QED) is 0.795. The molecule has 0 heterocycles. The van der Waals surface area contributed by atoms with Crippen LogP contribution in [0.15, 0.2) is 24.3 Å². The third kappa shape index (κ3) is 4.40. The summed E-state index contributed by atoms with van der Waals surface area (Å²) >= 11 is 5.83. The van der Waals surface area contributed by atoms with Crippen molar-refractivity contribution < 1.29 is 9.90 Å². The first-order valence-electron chi connectivity index (χ1n) is 6.63. The molecule has 2 rings (SSSR count). The number of carbonyl (C=O) groups is 1. The number of urea groups is 1. The van der Waals surface area contributed by atoms with Gasteiger partial charge in [0.25, 0.3) is 0 Å². The molecule has 0 saturated heterocycles. The fourth-order valence-corrected chi connectivity index (χ4v) is 2.64. The fraction of sp³-hybridized carbons (Fsp3) is 0.500. The van der Waals surface area contributed by atoms with Crippen molar-refractivity contribution in [1.82, 2.24) is 5.32 Å². The van der Waals surface area contributed by atoms with E-state index < -0.39 is 6.10 Å². The zero-order valence-corrected chi connectivity index (χ0v) is 11.5. The number of aliphatic hydroxyl groups is 1. The SMILES string of the molecule is O=C(NCC(O)C1CCCC1)Nc1cccc(Cl)c1. The van der Waals surface area contributed by atoms with Crippen LogP contribution in [0.3, 0.4) is 0 Å². The lowest BCUT2D eigenvalue weighted by atomic mass is 10.0. The molecular formula is C14H19ClN2O2. The molecule has 2 amide bonds. The molecule has 0 aromatic heterocycles. The van der Waals surface area contributed by atoms with E-state index in [-0.39, 0.29) is 12.6 Å². The number of benzene rings is 1. The number of rotatable bonds is 4. The van der Waals surface area contributed by atoms with Crippen LogP contribution in [-0.4, -0.2) is 23.8 Å². The third-order valence-corrected chi connectivity index (χ3v) is 3.73. The van der Waals surface area contributed by atoms with Gasteiger partial charge in [0.2, 0.25) is 0 Å². The van der Waals surface area contributed by atoms with Gasteiger partial charge in [-0.05, 0) is 37.0 Å². The van der Waals surface area contributed by atoms with E-state index in [9.17, 15) is 9.90 Å². The molecule has 0 bridgehead atoms. The zero-order valence-electron chi connectivity index (χ0n) is 10.7. The number of anilines is 1. The first kappa shape index (κ1) is 14.2. The van der Waals surface area contributed by atoms with Gasteiger partial charge in [-0.1, -0.05) is 30.5 Å². The Bertz CT molecular complexity index is 433. The first-order chi connectivity index (χ1) is 9.15. The lowest BCUT2D eigenvalue weighted by Gasteiger charge is -2.18. The maximum atomic E-state index is 11.7. The monoisotopic (exact) mass is 282 g/mol. The van der Waals surface area contributed by atoms with Crippen molar-refractivity contribution in [3.05, 3.63) is 29.3 Å². The summed E-state index contributed by atoms with van der Waals surface area (Å²) in [4.78, 5) is 11.7. The van der Waals surface area contributed by atoms with Gasteiger partial charge in [0, 0.05) is 17.3 Å². The molecule has 1 fully saturated rings. The predicted molar refractivity (Wildman–Crippen MR) is 76.4 cm³/mol. The number of halogens is 1. The van der Waals surface area contributed by atoms with Crippen LogP contribution >= 0.6 is 11.6 Å². The average Bonchev–Trinajstić information content (AvgIpc) is 2.90. The van der Waals surface area contributed by atoms with E-state index in [4.69, 9.17) is 11.6 Å². The summed E-state index contributed by atoms with van der Waals surface area (Å²) in [7, 11) is 0. The lowest BCUT2D eigenvalue weighted by molar-refractivity contribution is 0.111. The molecule has 104 valence electrons. The van der Waals surface area contributed by atoms with Crippen LogP contribution < -0.4 is 10.6 Å². The van der Waals surface area contributed by atoms with E-state index >= 15 is 0 Å². The predicted octanol–water partition coefficient (Wildman–Crippen LogP) is 3.01. The van der Waals surface area contributed by atoms with E-state index in [0.717, 1.165) is 12.8 Å². The Morgan fingerprint density at radius 2 is 2.16 bits per heavy atom. The Morgan fingerprint density at radius 3 is 2.84 bits per heavy atom. The van der Waals surface area contributed by atoms with Gasteiger partial charge in [-0.15, -0.1) is 0 Å². The minimum absolute atomic E-state index is 0.289. The number of nitrogens with one attached hydrogen (secondary N) is 2. The van der Waals surface area contributed by atoms with Gasteiger partial charge in [0.1, 0.15) is 0 Å². The number of hydrogen-bond acceptors (Lipinski definition) is 2. The van der Waals surface area contributed by atoms with Gasteiger partial charge < -0.3 is 15.7 Å². The van der Waals surface area contributed by atoms with E-state index in [1.165, 1.54) is 12.8 Å². The van der Waals surface area contributed by atoms with E-state index in [1.807, 2.05) is 0 Å². The second kappa shape index (κ2) is 6.78. The van der Waals surface area contributed by atoms with Crippen molar-refractivity contribution in [2.24, 2.45) is 5.92 Å². The van der Waals surface area contributed by atoms with Crippen LogP contribution in [0, 0.1) is 5.92 Å². The van der Waals surface area contributed by atoms with Crippen LogP contribution in [0.25, 0.3) is 0 Å². The maximum Gasteiger partial charge on any atom is 0.319 e.